The molecule has 0 saturated carbocycles. The lowest BCUT2D eigenvalue weighted by molar-refractivity contribution is 0.0852. The molecule has 0 aromatic heterocycles. The summed E-state index contributed by atoms with van der Waals surface area (Å²) in [6.07, 6.45) is 5.44. The number of piperidine rings is 1. The van der Waals surface area contributed by atoms with Crippen LogP contribution in [0.2, 0.25) is 0 Å². The summed E-state index contributed by atoms with van der Waals surface area (Å²) in [6, 6.07) is 1.94. The van der Waals surface area contributed by atoms with Gasteiger partial charge in [-0.05, 0) is 32.0 Å². The van der Waals surface area contributed by atoms with Crippen LogP contribution in [0.25, 0.3) is 0 Å². The molecule has 0 bridgehead atoms. The number of oxime groups is 1. The van der Waals surface area contributed by atoms with Gasteiger partial charge in [0, 0.05) is 24.9 Å². The highest BCUT2D eigenvalue weighted by atomic mass is 16.7. The van der Waals surface area contributed by atoms with E-state index in [1.807, 2.05) is 6.07 Å². The van der Waals surface area contributed by atoms with Gasteiger partial charge >= 0.3 is 0 Å². The third-order valence-electron chi connectivity index (χ3n) is 5.16. The van der Waals surface area contributed by atoms with Gasteiger partial charge in [0.25, 0.3) is 0 Å². The van der Waals surface area contributed by atoms with Gasteiger partial charge in [0.1, 0.15) is 6.10 Å². The summed E-state index contributed by atoms with van der Waals surface area (Å²) in [7, 11) is 3.26. The van der Waals surface area contributed by atoms with Crippen molar-refractivity contribution in [2.24, 2.45) is 5.16 Å². The van der Waals surface area contributed by atoms with Gasteiger partial charge in [-0.3, -0.25) is 4.90 Å². The van der Waals surface area contributed by atoms with Gasteiger partial charge in [0.15, 0.2) is 11.5 Å². The van der Waals surface area contributed by atoms with E-state index in [-0.39, 0.29) is 12.9 Å². The van der Waals surface area contributed by atoms with Gasteiger partial charge in [0.2, 0.25) is 18.3 Å². The first-order valence-corrected chi connectivity index (χ1v) is 9.26. The molecular weight excluding hydrogens is 336 g/mol. The monoisotopic (exact) mass is 362 g/mol. The van der Waals surface area contributed by atoms with Crippen molar-refractivity contribution in [3.63, 3.8) is 0 Å². The van der Waals surface area contributed by atoms with Crippen LogP contribution in [0.15, 0.2) is 11.2 Å². The molecule has 1 fully saturated rings. The van der Waals surface area contributed by atoms with Crippen molar-refractivity contribution in [3.8, 4) is 23.0 Å². The van der Waals surface area contributed by atoms with E-state index in [0.717, 1.165) is 37.3 Å². The highest BCUT2D eigenvalue weighted by molar-refractivity contribution is 5.87. The molecule has 0 unspecified atom stereocenters. The summed E-state index contributed by atoms with van der Waals surface area (Å²) in [6.45, 7) is 3.42. The topological polar surface area (TPSA) is 61.8 Å². The molecule has 7 nitrogen and oxygen atoms in total. The Balaban J connectivity index is 1.43. The number of benzene rings is 1. The number of fused-ring (bicyclic) bond motifs is 1. The van der Waals surface area contributed by atoms with Gasteiger partial charge in [0.05, 0.1) is 19.9 Å². The standard InChI is InChI=1S/C19H26N2O5/c1-22-16-9-13(17(23-2)19-18(16)24-12-25-19)8-15-10-14(20-26-15)11-21-6-4-3-5-7-21/h9,15H,3-8,10-12H2,1-2H3/t15-/m1/s1. The maximum atomic E-state index is 5.70. The van der Waals surface area contributed by atoms with E-state index in [4.69, 9.17) is 23.8 Å². The molecule has 0 radical (unpaired) electrons. The van der Waals surface area contributed by atoms with Crippen LogP contribution in [0.3, 0.4) is 0 Å². The van der Waals surface area contributed by atoms with Gasteiger partial charge in [-0.25, -0.2) is 0 Å². The molecule has 0 N–H and O–H groups in total. The van der Waals surface area contributed by atoms with Crippen LogP contribution in [0.4, 0.5) is 0 Å². The summed E-state index contributed by atoms with van der Waals surface area (Å²) in [4.78, 5) is 8.17. The summed E-state index contributed by atoms with van der Waals surface area (Å²) in [5, 5.41) is 4.32. The number of likely N-dealkylation sites (tertiary alicyclic amines) is 1. The lowest BCUT2D eigenvalue weighted by Gasteiger charge is -2.25. The predicted octanol–water partition coefficient (Wildman–Crippen LogP) is 2.61. The smallest absolute Gasteiger partial charge is 0.231 e. The van der Waals surface area contributed by atoms with E-state index in [1.54, 1.807) is 14.2 Å². The summed E-state index contributed by atoms with van der Waals surface area (Å²) < 4.78 is 22.1. The molecular formula is C19H26N2O5. The zero-order valence-corrected chi connectivity index (χ0v) is 15.5. The van der Waals surface area contributed by atoms with Crippen molar-refractivity contribution in [2.75, 3.05) is 40.6 Å². The molecule has 1 aromatic rings. The minimum Gasteiger partial charge on any atom is -0.493 e. The van der Waals surface area contributed by atoms with Crippen LogP contribution in [-0.4, -0.2) is 57.4 Å². The Morgan fingerprint density at radius 1 is 1.12 bits per heavy atom. The number of methoxy groups -OCH3 is 2. The average Bonchev–Trinajstić information content (AvgIpc) is 3.31. The van der Waals surface area contributed by atoms with Crippen LogP contribution in [0.1, 0.15) is 31.2 Å². The Kier molecular flexibility index (Phi) is 5.06. The lowest BCUT2D eigenvalue weighted by atomic mass is 10.0. The molecule has 1 aromatic carbocycles. The SMILES string of the molecule is COc1cc(C[C@@H]2CC(CN3CCCCC3)=NO2)c(OC)c2c1OCO2. The van der Waals surface area contributed by atoms with Crippen LogP contribution in [-0.2, 0) is 11.3 Å². The van der Waals surface area contributed by atoms with Crippen molar-refractivity contribution in [1.29, 1.82) is 0 Å². The summed E-state index contributed by atoms with van der Waals surface area (Å²) >= 11 is 0. The predicted molar refractivity (Wildman–Crippen MR) is 96.6 cm³/mol. The molecule has 3 aliphatic rings. The Bertz CT molecular complexity index is 685. The van der Waals surface area contributed by atoms with E-state index in [1.165, 1.54) is 19.3 Å². The minimum absolute atomic E-state index is 0.00812. The second-order valence-corrected chi connectivity index (χ2v) is 6.97. The average molecular weight is 362 g/mol. The summed E-state index contributed by atoms with van der Waals surface area (Å²) in [5.74, 6) is 2.55. The molecule has 0 spiro atoms. The van der Waals surface area contributed by atoms with E-state index < -0.39 is 0 Å². The van der Waals surface area contributed by atoms with Gasteiger partial charge in [-0.2, -0.15) is 0 Å². The quantitative estimate of drug-likeness (QED) is 0.775. The van der Waals surface area contributed by atoms with Crippen LogP contribution < -0.4 is 18.9 Å². The molecule has 0 amide bonds. The largest absolute Gasteiger partial charge is 0.493 e. The van der Waals surface area contributed by atoms with Crippen molar-refractivity contribution >= 4 is 5.71 Å². The normalized spacial score (nSPS) is 22.1. The van der Waals surface area contributed by atoms with Crippen molar-refractivity contribution in [3.05, 3.63) is 11.6 Å². The van der Waals surface area contributed by atoms with Crippen molar-refractivity contribution < 1.29 is 23.8 Å². The third-order valence-corrected chi connectivity index (χ3v) is 5.16. The molecule has 4 rings (SSSR count). The highest BCUT2D eigenvalue weighted by Crippen LogP contribution is 2.49. The molecule has 26 heavy (non-hydrogen) atoms. The Morgan fingerprint density at radius 3 is 2.69 bits per heavy atom. The molecule has 7 heteroatoms. The van der Waals surface area contributed by atoms with E-state index in [9.17, 15) is 0 Å². The van der Waals surface area contributed by atoms with Gasteiger partial charge < -0.3 is 23.8 Å². The Hall–Kier alpha value is -2.15. The maximum Gasteiger partial charge on any atom is 0.231 e. The number of hydrogen-bond donors (Lipinski definition) is 0. The van der Waals surface area contributed by atoms with Crippen LogP contribution >= 0.6 is 0 Å². The molecule has 3 heterocycles. The zero-order chi connectivity index (χ0) is 17.9. The van der Waals surface area contributed by atoms with E-state index >= 15 is 0 Å². The first kappa shape index (κ1) is 17.3. The second-order valence-electron chi connectivity index (χ2n) is 6.97. The summed E-state index contributed by atoms with van der Waals surface area (Å²) in [5.41, 5.74) is 2.11. The molecule has 1 saturated heterocycles. The molecule has 1 atom stereocenters. The second kappa shape index (κ2) is 7.61. The van der Waals surface area contributed by atoms with Crippen molar-refractivity contribution in [2.45, 2.75) is 38.2 Å². The zero-order valence-electron chi connectivity index (χ0n) is 15.5. The maximum absolute atomic E-state index is 5.70. The van der Waals surface area contributed by atoms with Crippen LogP contribution in [0, 0.1) is 0 Å². The fourth-order valence-corrected chi connectivity index (χ4v) is 3.90. The third kappa shape index (κ3) is 3.40. The highest BCUT2D eigenvalue weighted by Gasteiger charge is 2.30. The number of hydrogen-bond acceptors (Lipinski definition) is 7. The van der Waals surface area contributed by atoms with Gasteiger partial charge in [-0.15, -0.1) is 0 Å². The number of ether oxygens (including phenoxy) is 4. The van der Waals surface area contributed by atoms with E-state index in [0.29, 0.717) is 29.4 Å². The fraction of sp³-hybridized carbons (Fsp3) is 0.632. The van der Waals surface area contributed by atoms with Crippen LogP contribution in [0.5, 0.6) is 23.0 Å². The van der Waals surface area contributed by atoms with E-state index in [2.05, 4.69) is 10.1 Å². The molecule has 0 aliphatic carbocycles. The lowest BCUT2D eigenvalue weighted by Crippen LogP contribution is -2.34. The minimum atomic E-state index is 0.00812. The van der Waals surface area contributed by atoms with Gasteiger partial charge in [-0.1, -0.05) is 11.6 Å². The molecule has 3 aliphatic heterocycles. The number of rotatable bonds is 6. The number of nitrogens with zero attached hydrogens (tertiary/aromatic N) is 2. The Morgan fingerprint density at radius 2 is 1.92 bits per heavy atom. The molecule has 142 valence electrons. The fourth-order valence-electron chi connectivity index (χ4n) is 3.90. The Labute approximate surface area is 153 Å². The first-order chi connectivity index (χ1) is 12.8. The van der Waals surface area contributed by atoms with Crippen molar-refractivity contribution in [1.82, 2.24) is 4.90 Å². The first-order valence-electron chi connectivity index (χ1n) is 9.26.